The molecular weight excluding hydrogens is 364 g/mol. The van der Waals surface area contributed by atoms with Crippen molar-refractivity contribution in [3.05, 3.63) is 34.3 Å². The van der Waals surface area contributed by atoms with Gasteiger partial charge in [-0.25, -0.2) is 0 Å². The standard InChI is InChI=1S/C19H20N4O3S/c1-10(2)8-16-21-22-18(27-16)11-4-3-5-12-13(11)9-23(19(12)26)14-6-7-15(24)20-17(14)25/h3-5,10,14H,6-9H2,1-2H3,(H,20,24,25). The molecule has 1 fully saturated rings. The summed E-state index contributed by atoms with van der Waals surface area (Å²) in [5, 5.41) is 12.7. The quantitative estimate of drug-likeness (QED) is 0.816. The van der Waals surface area contributed by atoms with Crippen molar-refractivity contribution in [1.29, 1.82) is 0 Å². The highest BCUT2D eigenvalue weighted by Crippen LogP contribution is 2.36. The maximum Gasteiger partial charge on any atom is 0.255 e. The Bertz CT molecular complexity index is 937. The lowest BCUT2D eigenvalue weighted by molar-refractivity contribution is -0.136. The number of rotatable bonds is 4. The lowest BCUT2D eigenvalue weighted by atomic mass is 10.0. The minimum atomic E-state index is -0.610. The first kappa shape index (κ1) is 17.8. The van der Waals surface area contributed by atoms with E-state index < -0.39 is 11.9 Å². The van der Waals surface area contributed by atoms with Crippen LogP contribution in [0.5, 0.6) is 0 Å². The van der Waals surface area contributed by atoms with Gasteiger partial charge in [-0.15, -0.1) is 10.2 Å². The second kappa shape index (κ2) is 6.84. The number of nitrogens with one attached hydrogen (secondary N) is 1. The van der Waals surface area contributed by atoms with Crippen LogP contribution < -0.4 is 5.32 Å². The number of benzene rings is 1. The Hall–Kier alpha value is -2.61. The Morgan fingerprint density at radius 2 is 2.00 bits per heavy atom. The van der Waals surface area contributed by atoms with Crippen molar-refractivity contribution in [2.24, 2.45) is 5.92 Å². The van der Waals surface area contributed by atoms with Crippen LogP contribution in [0.3, 0.4) is 0 Å². The maximum absolute atomic E-state index is 12.9. The summed E-state index contributed by atoms with van der Waals surface area (Å²) in [6.07, 6.45) is 1.48. The predicted molar refractivity (Wildman–Crippen MR) is 99.9 cm³/mol. The number of hydrogen-bond acceptors (Lipinski definition) is 6. The molecule has 1 atom stereocenters. The molecule has 2 aromatic rings. The number of amides is 3. The van der Waals surface area contributed by atoms with E-state index in [2.05, 4.69) is 29.4 Å². The summed E-state index contributed by atoms with van der Waals surface area (Å²) in [6.45, 7) is 4.62. The number of imide groups is 1. The van der Waals surface area contributed by atoms with Gasteiger partial charge in [-0.1, -0.05) is 37.3 Å². The van der Waals surface area contributed by atoms with Gasteiger partial charge in [0.15, 0.2) is 0 Å². The van der Waals surface area contributed by atoms with Crippen LogP contribution in [0.1, 0.15) is 47.6 Å². The molecule has 4 rings (SSSR count). The molecule has 1 unspecified atom stereocenters. The summed E-state index contributed by atoms with van der Waals surface area (Å²) in [5.74, 6) is -0.359. The second-order valence-corrected chi connectivity index (χ2v) is 8.39. The average Bonchev–Trinajstić information content (AvgIpc) is 3.19. The van der Waals surface area contributed by atoms with Crippen molar-refractivity contribution in [2.75, 3.05) is 0 Å². The Kier molecular flexibility index (Phi) is 4.51. The van der Waals surface area contributed by atoms with E-state index in [4.69, 9.17) is 0 Å². The van der Waals surface area contributed by atoms with Gasteiger partial charge in [0.1, 0.15) is 16.1 Å². The summed E-state index contributed by atoms with van der Waals surface area (Å²) in [7, 11) is 0. The molecule has 140 valence electrons. The largest absolute Gasteiger partial charge is 0.322 e. The van der Waals surface area contributed by atoms with Crippen LogP contribution in [0.4, 0.5) is 0 Å². The minimum absolute atomic E-state index is 0.173. The maximum atomic E-state index is 12.9. The molecule has 0 spiro atoms. The Morgan fingerprint density at radius 1 is 1.22 bits per heavy atom. The number of fused-ring (bicyclic) bond motifs is 1. The van der Waals surface area contributed by atoms with E-state index >= 15 is 0 Å². The first-order chi connectivity index (χ1) is 12.9. The van der Waals surface area contributed by atoms with Gasteiger partial charge >= 0.3 is 0 Å². The van der Waals surface area contributed by atoms with Crippen LogP contribution in [0, 0.1) is 5.92 Å². The Labute approximate surface area is 160 Å². The van der Waals surface area contributed by atoms with Crippen LogP contribution in [0.25, 0.3) is 10.6 Å². The molecule has 3 amide bonds. The number of carbonyl (C=O) groups is 3. The highest BCUT2D eigenvalue weighted by Gasteiger charge is 2.40. The summed E-state index contributed by atoms with van der Waals surface area (Å²) in [5.41, 5.74) is 2.36. The summed E-state index contributed by atoms with van der Waals surface area (Å²) >= 11 is 1.54. The van der Waals surface area contributed by atoms with Crippen LogP contribution in [0.15, 0.2) is 18.2 Å². The van der Waals surface area contributed by atoms with Crippen molar-refractivity contribution < 1.29 is 14.4 Å². The van der Waals surface area contributed by atoms with Gasteiger partial charge in [-0.2, -0.15) is 0 Å². The highest BCUT2D eigenvalue weighted by atomic mass is 32.1. The van der Waals surface area contributed by atoms with E-state index in [0.29, 0.717) is 24.4 Å². The monoisotopic (exact) mass is 384 g/mol. The molecular formula is C19H20N4O3S. The van der Waals surface area contributed by atoms with Gasteiger partial charge in [0, 0.05) is 30.5 Å². The van der Waals surface area contributed by atoms with Gasteiger partial charge in [0.25, 0.3) is 5.91 Å². The third-order valence-electron chi connectivity index (χ3n) is 4.86. The fraction of sp³-hybridized carbons (Fsp3) is 0.421. The fourth-order valence-corrected chi connectivity index (χ4v) is 4.68. The number of hydrogen-bond donors (Lipinski definition) is 1. The third kappa shape index (κ3) is 3.25. The summed E-state index contributed by atoms with van der Waals surface area (Å²) in [4.78, 5) is 38.1. The number of carbonyl (C=O) groups excluding carboxylic acids is 3. The average molecular weight is 384 g/mol. The van der Waals surface area contributed by atoms with Crippen LogP contribution >= 0.6 is 11.3 Å². The van der Waals surface area contributed by atoms with Crippen molar-refractivity contribution in [2.45, 2.75) is 45.7 Å². The SMILES string of the molecule is CC(C)Cc1nnc(-c2cccc3c2CN(C2CCC(=O)NC2=O)C3=O)s1. The zero-order valence-electron chi connectivity index (χ0n) is 15.2. The lowest BCUT2D eigenvalue weighted by Crippen LogP contribution is -2.52. The smallest absolute Gasteiger partial charge is 0.255 e. The van der Waals surface area contributed by atoms with E-state index in [1.807, 2.05) is 12.1 Å². The summed E-state index contributed by atoms with van der Waals surface area (Å²) in [6, 6.07) is 4.95. The topological polar surface area (TPSA) is 92.3 Å². The van der Waals surface area contributed by atoms with Crippen molar-refractivity contribution in [3.8, 4) is 10.6 Å². The molecule has 0 saturated carbocycles. The zero-order valence-corrected chi connectivity index (χ0v) is 16.0. The number of piperidine rings is 1. The first-order valence-electron chi connectivity index (χ1n) is 9.03. The fourth-order valence-electron chi connectivity index (χ4n) is 3.58. The zero-order chi connectivity index (χ0) is 19.1. The predicted octanol–water partition coefficient (Wildman–Crippen LogP) is 2.16. The normalized spacial score (nSPS) is 19.6. The molecule has 27 heavy (non-hydrogen) atoms. The van der Waals surface area contributed by atoms with Crippen molar-refractivity contribution in [3.63, 3.8) is 0 Å². The number of nitrogens with zero attached hydrogens (tertiary/aromatic N) is 3. The molecule has 8 heteroatoms. The van der Waals surface area contributed by atoms with Crippen LogP contribution in [-0.2, 0) is 22.6 Å². The molecule has 0 aliphatic carbocycles. The molecule has 1 saturated heterocycles. The van der Waals surface area contributed by atoms with E-state index in [9.17, 15) is 14.4 Å². The Balaban J connectivity index is 1.64. The van der Waals surface area contributed by atoms with Crippen molar-refractivity contribution >= 4 is 29.1 Å². The lowest BCUT2D eigenvalue weighted by Gasteiger charge is -2.29. The van der Waals surface area contributed by atoms with E-state index in [1.54, 1.807) is 22.3 Å². The van der Waals surface area contributed by atoms with E-state index in [-0.39, 0.29) is 18.2 Å². The van der Waals surface area contributed by atoms with Gasteiger partial charge in [0.05, 0.1) is 0 Å². The Morgan fingerprint density at radius 3 is 2.74 bits per heavy atom. The number of aromatic nitrogens is 2. The van der Waals surface area contributed by atoms with E-state index in [0.717, 1.165) is 27.6 Å². The highest BCUT2D eigenvalue weighted by molar-refractivity contribution is 7.14. The molecule has 2 aliphatic rings. The molecule has 1 N–H and O–H groups in total. The van der Waals surface area contributed by atoms with Gasteiger partial charge in [-0.05, 0) is 24.0 Å². The van der Waals surface area contributed by atoms with Gasteiger partial charge in [0.2, 0.25) is 11.8 Å². The minimum Gasteiger partial charge on any atom is -0.322 e. The van der Waals surface area contributed by atoms with Crippen molar-refractivity contribution in [1.82, 2.24) is 20.4 Å². The summed E-state index contributed by atoms with van der Waals surface area (Å²) < 4.78 is 0. The van der Waals surface area contributed by atoms with E-state index in [1.165, 1.54) is 0 Å². The van der Waals surface area contributed by atoms with Gasteiger partial charge in [-0.3, -0.25) is 19.7 Å². The molecule has 1 aromatic heterocycles. The molecule has 3 heterocycles. The molecule has 1 aromatic carbocycles. The molecule has 0 bridgehead atoms. The third-order valence-corrected chi connectivity index (χ3v) is 5.84. The van der Waals surface area contributed by atoms with Crippen LogP contribution in [0.2, 0.25) is 0 Å². The molecule has 0 radical (unpaired) electrons. The second-order valence-electron chi connectivity index (χ2n) is 7.33. The molecule has 7 nitrogen and oxygen atoms in total. The van der Waals surface area contributed by atoms with Gasteiger partial charge < -0.3 is 4.90 Å². The molecule has 2 aliphatic heterocycles. The van der Waals surface area contributed by atoms with Crippen LogP contribution in [-0.4, -0.2) is 38.9 Å². The first-order valence-corrected chi connectivity index (χ1v) is 9.85.